The SMILES string of the molecule is COc1ccc(F)cc1C(=O)Nc1ccn(C)n1. The van der Waals surface area contributed by atoms with Crippen molar-refractivity contribution in [3.63, 3.8) is 0 Å². The second-order valence-corrected chi connectivity index (χ2v) is 3.67. The topological polar surface area (TPSA) is 56.1 Å². The van der Waals surface area contributed by atoms with Crippen molar-refractivity contribution in [1.29, 1.82) is 0 Å². The maximum absolute atomic E-state index is 13.1. The smallest absolute Gasteiger partial charge is 0.260 e. The monoisotopic (exact) mass is 249 g/mol. The van der Waals surface area contributed by atoms with Crippen molar-refractivity contribution in [2.45, 2.75) is 0 Å². The molecule has 0 bridgehead atoms. The Balaban J connectivity index is 2.25. The molecular formula is C12H12FN3O2. The van der Waals surface area contributed by atoms with E-state index >= 15 is 0 Å². The predicted molar refractivity (Wildman–Crippen MR) is 64.1 cm³/mol. The van der Waals surface area contributed by atoms with Gasteiger partial charge >= 0.3 is 0 Å². The minimum atomic E-state index is -0.498. The predicted octanol–water partition coefficient (Wildman–Crippen LogP) is 1.82. The average Bonchev–Trinajstić information content (AvgIpc) is 2.74. The number of amides is 1. The van der Waals surface area contributed by atoms with E-state index in [-0.39, 0.29) is 5.56 Å². The molecule has 0 spiro atoms. The fourth-order valence-electron chi connectivity index (χ4n) is 1.52. The molecular weight excluding hydrogens is 237 g/mol. The minimum absolute atomic E-state index is 0.128. The molecule has 1 amide bonds. The van der Waals surface area contributed by atoms with Gasteiger partial charge in [0.2, 0.25) is 0 Å². The minimum Gasteiger partial charge on any atom is -0.496 e. The number of methoxy groups -OCH3 is 1. The van der Waals surface area contributed by atoms with Gasteiger partial charge in [-0.25, -0.2) is 4.39 Å². The van der Waals surface area contributed by atoms with E-state index in [0.717, 1.165) is 6.07 Å². The lowest BCUT2D eigenvalue weighted by Gasteiger charge is -2.07. The van der Waals surface area contributed by atoms with Crippen LogP contribution in [0.1, 0.15) is 10.4 Å². The van der Waals surface area contributed by atoms with Crippen LogP contribution in [-0.2, 0) is 7.05 Å². The molecule has 1 N–H and O–H groups in total. The molecule has 0 fully saturated rings. The second-order valence-electron chi connectivity index (χ2n) is 3.67. The fraction of sp³-hybridized carbons (Fsp3) is 0.167. The molecule has 2 rings (SSSR count). The number of carbonyl (C=O) groups excluding carboxylic acids is 1. The van der Waals surface area contributed by atoms with E-state index in [1.807, 2.05) is 0 Å². The molecule has 1 aromatic carbocycles. The number of rotatable bonds is 3. The van der Waals surface area contributed by atoms with Crippen LogP contribution in [0.3, 0.4) is 0 Å². The zero-order chi connectivity index (χ0) is 13.1. The third-order valence-corrected chi connectivity index (χ3v) is 2.36. The van der Waals surface area contributed by atoms with Gasteiger partial charge in [0.1, 0.15) is 11.6 Å². The summed E-state index contributed by atoms with van der Waals surface area (Å²) in [5, 5.41) is 6.57. The van der Waals surface area contributed by atoms with Gasteiger partial charge in [0.05, 0.1) is 12.7 Å². The molecule has 2 aromatic rings. The third-order valence-electron chi connectivity index (χ3n) is 2.36. The largest absolute Gasteiger partial charge is 0.496 e. The summed E-state index contributed by atoms with van der Waals surface area (Å²) in [4.78, 5) is 11.9. The van der Waals surface area contributed by atoms with E-state index in [1.54, 1.807) is 24.0 Å². The van der Waals surface area contributed by atoms with Crippen molar-refractivity contribution >= 4 is 11.7 Å². The van der Waals surface area contributed by atoms with Gasteiger partial charge < -0.3 is 10.1 Å². The van der Waals surface area contributed by atoms with E-state index in [0.29, 0.717) is 11.6 Å². The first-order valence-corrected chi connectivity index (χ1v) is 5.24. The maximum atomic E-state index is 13.1. The molecule has 0 aliphatic heterocycles. The van der Waals surface area contributed by atoms with Gasteiger partial charge in [0, 0.05) is 19.3 Å². The highest BCUT2D eigenvalue weighted by Crippen LogP contribution is 2.20. The van der Waals surface area contributed by atoms with E-state index in [9.17, 15) is 9.18 Å². The highest BCUT2D eigenvalue weighted by Gasteiger charge is 2.14. The van der Waals surface area contributed by atoms with Gasteiger partial charge in [0.25, 0.3) is 5.91 Å². The Hall–Kier alpha value is -2.37. The Bertz CT molecular complexity index is 580. The van der Waals surface area contributed by atoms with E-state index in [1.165, 1.54) is 19.2 Å². The Morgan fingerprint density at radius 2 is 2.22 bits per heavy atom. The summed E-state index contributed by atoms with van der Waals surface area (Å²) >= 11 is 0. The van der Waals surface area contributed by atoms with Crippen LogP contribution in [0.25, 0.3) is 0 Å². The van der Waals surface area contributed by atoms with Crippen molar-refractivity contribution in [3.05, 3.63) is 41.8 Å². The number of hydrogen-bond donors (Lipinski definition) is 1. The maximum Gasteiger partial charge on any atom is 0.260 e. The molecule has 5 nitrogen and oxygen atoms in total. The first kappa shape index (κ1) is 12.1. The molecule has 0 aliphatic carbocycles. The van der Waals surface area contributed by atoms with Crippen molar-refractivity contribution < 1.29 is 13.9 Å². The molecule has 0 atom stereocenters. The lowest BCUT2D eigenvalue weighted by molar-refractivity contribution is 0.102. The van der Waals surface area contributed by atoms with Crippen LogP contribution in [0, 0.1) is 5.82 Å². The van der Waals surface area contributed by atoms with Crippen molar-refractivity contribution in [2.75, 3.05) is 12.4 Å². The molecule has 0 radical (unpaired) electrons. The Morgan fingerprint density at radius 3 is 2.83 bits per heavy atom. The second kappa shape index (κ2) is 4.87. The van der Waals surface area contributed by atoms with Crippen LogP contribution >= 0.6 is 0 Å². The molecule has 0 saturated heterocycles. The summed E-state index contributed by atoms with van der Waals surface area (Å²) in [6.45, 7) is 0. The van der Waals surface area contributed by atoms with Crippen LogP contribution in [0.5, 0.6) is 5.75 Å². The number of anilines is 1. The first-order valence-electron chi connectivity index (χ1n) is 5.24. The summed E-state index contributed by atoms with van der Waals surface area (Å²) in [6.07, 6.45) is 1.69. The quantitative estimate of drug-likeness (QED) is 0.902. The van der Waals surface area contributed by atoms with Crippen molar-refractivity contribution in [1.82, 2.24) is 9.78 Å². The Labute approximate surface area is 103 Å². The highest BCUT2D eigenvalue weighted by atomic mass is 19.1. The van der Waals surface area contributed by atoms with Gasteiger partial charge in [-0.15, -0.1) is 0 Å². The molecule has 0 saturated carbocycles. The molecule has 18 heavy (non-hydrogen) atoms. The summed E-state index contributed by atoms with van der Waals surface area (Å²) in [5.41, 5.74) is 0.128. The zero-order valence-corrected chi connectivity index (χ0v) is 9.98. The lowest BCUT2D eigenvalue weighted by Crippen LogP contribution is -2.14. The van der Waals surface area contributed by atoms with E-state index in [4.69, 9.17) is 4.74 Å². The van der Waals surface area contributed by atoms with Gasteiger partial charge in [-0.3, -0.25) is 9.48 Å². The summed E-state index contributed by atoms with van der Waals surface area (Å²) < 4.78 is 19.7. The van der Waals surface area contributed by atoms with E-state index < -0.39 is 11.7 Å². The molecule has 1 heterocycles. The Kier molecular flexibility index (Phi) is 3.27. The van der Waals surface area contributed by atoms with Crippen LogP contribution in [0.15, 0.2) is 30.5 Å². The van der Waals surface area contributed by atoms with Crippen molar-refractivity contribution in [2.24, 2.45) is 7.05 Å². The van der Waals surface area contributed by atoms with Crippen LogP contribution in [0.4, 0.5) is 10.2 Å². The van der Waals surface area contributed by atoms with Gasteiger partial charge in [-0.2, -0.15) is 5.10 Å². The molecule has 0 aliphatic rings. The molecule has 1 aromatic heterocycles. The number of nitrogens with one attached hydrogen (secondary N) is 1. The van der Waals surface area contributed by atoms with Crippen molar-refractivity contribution in [3.8, 4) is 5.75 Å². The zero-order valence-electron chi connectivity index (χ0n) is 9.98. The first-order chi connectivity index (χ1) is 8.60. The van der Waals surface area contributed by atoms with Crippen LogP contribution < -0.4 is 10.1 Å². The number of nitrogens with zero attached hydrogens (tertiary/aromatic N) is 2. The number of benzene rings is 1. The number of ether oxygens (including phenoxy) is 1. The number of aryl methyl sites for hydroxylation is 1. The molecule has 6 heteroatoms. The normalized spacial score (nSPS) is 10.2. The van der Waals surface area contributed by atoms with E-state index in [2.05, 4.69) is 10.4 Å². The van der Waals surface area contributed by atoms with Gasteiger partial charge in [-0.1, -0.05) is 0 Å². The summed E-state index contributed by atoms with van der Waals surface area (Å²) in [5.74, 6) is -0.259. The molecule has 0 unspecified atom stereocenters. The van der Waals surface area contributed by atoms with Gasteiger partial charge in [0.15, 0.2) is 5.82 Å². The summed E-state index contributed by atoms with van der Waals surface area (Å²) in [6, 6.07) is 5.40. The average molecular weight is 249 g/mol. The molecule has 94 valence electrons. The number of carbonyl (C=O) groups is 1. The van der Waals surface area contributed by atoms with Gasteiger partial charge in [-0.05, 0) is 18.2 Å². The standard InChI is InChI=1S/C12H12FN3O2/c1-16-6-5-11(15-16)14-12(17)9-7-8(13)3-4-10(9)18-2/h3-7H,1-2H3,(H,14,15,17). The highest BCUT2D eigenvalue weighted by molar-refractivity contribution is 6.05. The van der Waals surface area contributed by atoms with Crippen LogP contribution in [-0.4, -0.2) is 22.8 Å². The third kappa shape index (κ3) is 2.48. The number of halogens is 1. The van der Waals surface area contributed by atoms with Crippen LogP contribution in [0.2, 0.25) is 0 Å². The number of aromatic nitrogens is 2. The number of hydrogen-bond acceptors (Lipinski definition) is 3. The fourth-order valence-corrected chi connectivity index (χ4v) is 1.52. The summed E-state index contributed by atoms with van der Waals surface area (Å²) in [7, 11) is 3.16. The lowest BCUT2D eigenvalue weighted by atomic mass is 10.2. The Morgan fingerprint density at radius 1 is 1.44 bits per heavy atom.